The fraction of sp³-hybridized carbons (Fsp3) is 0. The van der Waals surface area contributed by atoms with E-state index in [1.165, 1.54) is 24.3 Å². The van der Waals surface area contributed by atoms with Crippen LogP contribution >= 0.6 is 0 Å². The minimum absolute atomic E-state index is 0.208. The topological polar surface area (TPSA) is 127 Å². The molecule has 6 N–H and O–H groups in total. The number of hydrogen-bond acceptors (Lipinski definition) is 6. The molecule has 0 saturated carbocycles. The molecule has 0 aliphatic rings. The van der Waals surface area contributed by atoms with E-state index in [4.69, 9.17) is 11.5 Å². The lowest BCUT2D eigenvalue weighted by Gasteiger charge is -2.16. The van der Waals surface area contributed by atoms with Crippen molar-refractivity contribution in [3.8, 4) is 33.8 Å². The highest BCUT2D eigenvalue weighted by Crippen LogP contribution is 2.45. The third-order valence-electron chi connectivity index (χ3n) is 5.05. The van der Waals surface area contributed by atoms with Gasteiger partial charge in [0, 0.05) is 22.5 Å². The first-order chi connectivity index (χ1) is 14.8. The molecule has 0 fully saturated rings. The van der Waals surface area contributed by atoms with Gasteiger partial charge in [0.15, 0.2) is 0 Å². The summed E-state index contributed by atoms with van der Waals surface area (Å²) in [6, 6.07) is 22.8. The molecule has 0 aliphatic heterocycles. The second-order valence-electron chi connectivity index (χ2n) is 6.99. The van der Waals surface area contributed by atoms with Gasteiger partial charge in [-0.05, 0) is 35.4 Å². The average Bonchev–Trinajstić information content (AvgIpc) is 2.75. The van der Waals surface area contributed by atoms with Crippen molar-refractivity contribution in [1.29, 1.82) is 0 Å². The van der Waals surface area contributed by atoms with E-state index in [1.807, 2.05) is 0 Å². The Bertz CT molecular complexity index is 1270. The number of phenols is 2. The van der Waals surface area contributed by atoms with Crippen molar-refractivity contribution in [2.24, 2.45) is 0 Å². The maximum atomic E-state index is 13.5. The summed E-state index contributed by atoms with van der Waals surface area (Å²) >= 11 is 0. The Morgan fingerprint density at radius 3 is 1.26 bits per heavy atom. The standard InChI is InChI=1S/C24H20N2O4S/c25-17-11-13-19(23(27)21(17)15-7-3-1-4-8-15)31(29,30)20-14-12-18(26)22(24(20)28)16-9-5-2-6-10-16/h1-14,27-28H,25-26H2. The van der Waals surface area contributed by atoms with Gasteiger partial charge in [0.25, 0.3) is 0 Å². The number of benzene rings is 4. The van der Waals surface area contributed by atoms with Gasteiger partial charge in [0.1, 0.15) is 21.3 Å². The number of nitrogen functional groups attached to an aromatic ring is 2. The SMILES string of the molecule is Nc1ccc(S(=O)(=O)c2ccc(N)c(-c3ccccc3)c2O)c(O)c1-c1ccccc1. The van der Waals surface area contributed by atoms with Gasteiger partial charge in [-0.15, -0.1) is 0 Å². The lowest BCUT2D eigenvalue weighted by Crippen LogP contribution is -2.06. The lowest BCUT2D eigenvalue weighted by molar-refractivity contribution is 0.455. The molecule has 6 nitrogen and oxygen atoms in total. The summed E-state index contributed by atoms with van der Waals surface area (Å²) in [7, 11) is -4.31. The smallest absolute Gasteiger partial charge is 0.213 e. The van der Waals surface area contributed by atoms with E-state index in [2.05, 4.69) is 0 Å². The Kier molecular flexibility index (Phi) is 5.04. The summed E-state index contributed by atoms with van der Waals surface area (Å²) in [5, 5.41) is 21.8. The van der Waals surface area contributed by atoms with Crippen molar-refractivity contribution in [2.75, 3.05) is 11.5 Å². The molecule has 156 valence electrons. The largest absolute Gasteiger partial charge is 0.506 e. The molecule has 7 heteroatoms. The van der Waals surface area contributed by atoms with Crippen LogP contribution in [0.3, 0.4) is 0 Å². The minimum atomic E-state index is -4.31. The van der Waals surface area contributed by atoms with E-state index >= 15 is 0 Å². The van der Waals surface area contributed by atoms with Crippen molar-refractivity contribution >= 4 is 21.2 Å². The quantitative estimate of drug-likeness (QED) is 0.353. The highest BCUT2D eigenvalue weighted by atomic mass is 32.2. The molecule has 0 radical (unpaired) electrons. The molecule has 0 aromatic heterocycles. The lowest BCUT2D eigenvalue weighted by atomic mass is 10.0. The van der Waals surface area contributed by atoms with Crippen LogP contribution in [0.15, 0.2) is 94.7 Å². The molecule has 0 aliphatic carbocycles. The number of anilines is 2. The highest BCUT2D eigenvalue weighted by Gasteiger charge is 2.29. The summed E-state index contributed by atoms with van der Waals surface area (Å²) in [4.78, 5) is -0.723. The molecule has 0 saturated heterocycles. The predicted molar refractivity (Wildman–Crippen MR) is 121 cm³/mol. The van der Waals surface area contributed by atoms with Crippen LogP contribution in [0.25, 0.3) is 22.3 Å². The average molecular weight is 433 g/mol. The fourth-order valence-electron chi connectivity index (χ4n) is 3.54. The van der Waals surface area contributed by atoms with E-state index in [9.17, 15) is 18.6 Å². The van der Waals surface area contributed by atoms with Crippen LogP contribution in [0.5, 0.6) is 11.5 Å². The van der Waals surface area contributed by atoms with Gasteiger partial charge in [0.2, 0.25) is 9.84 Å². The number of nitrogens with two attached hydrogens (primary N) is 2. The van der Waals surface area contributed by atoms with Crippen LogP contribution in [0.4, 0.5) is 11.4 Å². The molecule has 0 amide bonds. The Labute approximate surface area is 179 Å². The molecule has 4 aromatic rings. The van der Waals surface area contributed by atoms with Crippen LogP contribution in [-0.2, 0) is 9.84 Å². The van der Waals surface area contributed by atoms with Crippen LogP contribution < -0.4 is 11.5 Å². The molecule has 31 heavy (non-hydrogen) atoms. The molecule has 0 heterocycles. The van der Waals surface area contributed by atoms with Gasteiger partial charge in [-0.3, -0.25) is 0 Å². The van der Waals surface area contributed by atoms with Gasteiger partial charge in [-0.1, -0.05) is 60.7 Å². The minimum Gasteiger partial charge on any atom is -0.506 e. The monoisotopic (exact) mass is 432 g/mol. The first-order valence-electron chi connectivity index (χ1n) is 9.41. The van der Waals surface area contributed by atoms with E-state index in [0.29, 0.717) is 11.1 Å². The third-order valence-corrected chi connectivity index (χ3v) is 6.87. The first kappa shape index (κ1) is 20.3. The second-order valence-corrected chi connectivity index (χ2v) is 8.88. The predicted octanol–water partition coefficient (Wildman–Crippen LogP) is 4.43. The van der Waals surface area contributed by atoms with Crippen molar-refractivity contribution < 1.29 is 18.6 Å². The Balaban J connectivity index is 1.94. The van der Waals surface area contributed by atoms with Gasteiger partial charge in [0.05, 0.1) is 0 Å². The zero-order valence-electron chi connectivity index (χ0n) is 16.4. The maximum absolute atomic E-state index is 13.5. The Morgan fingerprint density at radius 2 is 0.903 bits per heavy atom. The van der Waals surface area contributed by atoms with Crippen LogP contribution in [-0.4, -0.2) is 18.6 Å². The number of rotatable bonds is 4. The number of sulfone groups is 1. The summed E-state index contributed by atoms with van der Waals surface area (Å²) < 4.78 is 26.9. The zero-order valence-corrected chi connectivity index (χ0v) is 17.2. The molecule has 0 atom stereocenters. The van der Waals surface area contributed by atoms with Gasteiger partial charge < -0.3 is 21.7 Å². The van der Waals surface area contributed by atoms with Gasteiger partial charge in [-0.25, -0.2) is 8.42 Å². The molecule has 4 aromatic carbocycles. The maximum Gasteiger partial charge on any atom is 0.213 e. The van der Waals surface area contributed by atoms with Gasteiger partial charge >= 0.3 is 0 Å². The van der Waals surface area contributed by atoms with E-state index in [0.717, 1.165) is 0 Å². The number of phenolic OH excluding ortho intramolecular Hbond substituents is 2. The Hall–Kier alpha value is -3.97. The van der Waals surface area contributed by atoms with E-state index < -0.39 is 21.3 Å². The zero-order chi connectivity index (χ0) is 22.2. The number of aromatic hydroxyl groups is 2. The summed E-state index contributed by atoms with van der Waals surface area (Å²) in [5.41, 5.74) is 14.1. The summed E-state index contributed by atoms with van der Waals surface area (Å²) in [6.07, 6.45) is 0. The molecular weight excluding hydrogens is 412 g/mol. The first-order valence-corrected chi connectivity index (χ1v) is 10.9. The molecular formula is C24H20N2O4S. The second kappa shape index (κ2) is 7.70. The molecule has 0 bridgehead atoms. The van der Waals surface area contributed by atoms with Crippen molar-refractivity contribution in [3.63, 3.8) is 0 Å². The fourth-order valence-corrected chi connectivity index (χ4v) is 4.99. The third kappa shape index (κ3) is 3.45. The van der Waals surface area contributed by atoms with Crippen molar-refractivity contribution in [3.05, 3.63) is 84.9 Å². The number of hydrogen-bond donors (Lipinski definition) is 4. The van der Waals surface area contributed by atoms with Crippen molar-refractivity contribution in [2.45, 2.75) is 9.79 Å². The highest BCUT2D eigenvalue weighted by molar-refractivity contribution is 7.91. The van der Waals surface area contributed by atoms with E-state index in [-0.39, 0.29) is 32.3 Å². The van der Waals surface area contributed by atoms with Crippen molar-refractivity contribution in [1.82, 2.24) is 0 Å². The van der Waals surface area contributed by atoms with Crippen LogP contribution in [0.2, 0.25) is 0 Å². The summed E-state index contributed by atoms with van der Waals surface area (Å²) in [6.45, 7) is 0. The van der Waals surface area contributed by atoms with Crippen LogP contribution in [0, 0.1) is 0 Å². The van der Waals surface area contributed by atoms with Crippen LogP contribution in [0.1, 0.15) is 0 Å². The Morgan fingerprint density at radius 1 is 0.548 bits per heavy atom. The summed E-state index contributed by atoms with van der Waals surface area (Å²) in [5.74, 6) is -0.965. The van der Waals surface area contributed by atoms with E-state index in [1.54, 1.807) is 60.7 Å². The molecule has 4 rings (SSSR count). The molecule has 0 unspecified atom stereocenters. The van der Waals surface area contributed by atoms with Gasteiger partial charge in [-0.2, -0.15) is 0 Å². The normalized spacial score (nSPS) is 11.4. The molecule has 0 spiro atoms.